The molecule has 1 heterocycles. The molecule has 1 aliphatic heterocycles. The summed E-state index contributed by atoms with van der Waals surface area (Å²) in [7, 11) is 1.69. The Bertz CT molecular complexity index is 659. The number of fused-ring (bicyclic) bond motifs is 1. The molecule has 0 fully saturated rings. The van der Waals surface area contributed by atoms with Gasteiger partial charge in [-0.3, -0.25) is 4.79 Å². The van der Waals surface area contributed by atoms with Crippen molar-refractivity contribution < 1.29 is 9.53 Å². The second-order valence-corrected chi connectivity index (χ2v) is 6.67. The van der Waals surface area contributed by atoms with Crippen LogP contribution in [0, 0.1) is 0 Å². The Kier molecular flexibility index (Phi) is 4.39. The molecule has 1 unspecified atom stereocenters. The molecule has 0 aliphatic carbocycles. The first kappa shape index (κ1) is 15.0. The molecule has 0 bridgehead atoms. The predicted octanol–water partition coefficient (Wildman–Crippen LogP) is 4.06. The third-order valence-electron chi connectivity index (χ3n) is 4.12. The number of thioether (sulfide) groups is 1. The first-order valence-electron chi connectivity index (χ1n) is 7.33. The summed E-state index contributed by atoms with van der Waals surface area (Å²) < 4.78 is 5.37. The summed E-state index contributed by atoms with van der Waals surface area (Å²) in [6.45, 7) is 2.79. The molecule has 0 saturated carbocycles. The molecule has 1 aliphatic rings. The molecule has 2 aromatic carbocycles. The van der Waals surface area contributed by atoms with Crippen LogP contribution in [0.3, 0.4) is 0 Å². The highest BCUT2D eigenvalue weighted by molar-refractivity contribution is 7.99. The Morgan fingerprint density at radius 2 is 1.95 bits per heavy atom. The topological polar surface area (TPSA) is 29.5 Å². The maximum atomic E-state index is 11.4. The van der Waals surface area contributed by atoms with Crippen LogP contribution >= 0.6 is 11.8 Å². The third kappa shape index (κ3) is 2.83. The lowest BCUT2D eigenvalue weighted by atomic mass is 9.93. The Morgan fingerprint density at radius 3 is 2.64 bits per heavy atom. The number of ether oxygens (including phenoxy) is 1. The standard InChI is InChI=1S/C18H19NO2S/c1-13-16-9-8-14(21-2)10-17(16)18(11-19(13)12-20)22-15-6-4-3-5-7-15/h3-10,12-13,18H,11H2,1-2H3/t13-,18?/m1/s1. The van der Waals surface area contributed by atoms with Gasteiger partial charge in [-0.1, -0.05) is 24.3 Å². The smallest absolute Gasteiger partial charge is 0.210 e. The maximum absolute atomic E-state index is 11.4. The van der Waals surface area contributed by atoms with Gasteiger partial charge in [0.2, 0.25) is 6.41 Å². The van der Waals surface area contributed by atoms with Gasteiger partial charge in [0.1, 0.15) is 5.75 Å². The van der Waals surface area contributed by atoms with E-state index >= 15 is 0 Å². The van der Waals surface area contributed by atoms with E-state index in [0.29, 0.717) is 6.54 Å². The SMILES string of the molecule is COc1ccc2c(c1)C(Sc1ccccc1)CN(C=O)[C@@H]2C. The van der Waals surface area contributed by atoms with Crippen molar-refractivity contribution in [2.75, 3.05) is 13.7 Å². The van der Waals surface area contributed by atoms with Crippen LogP contribution in [0.1, 0.15) is 29.3 Å². The van der Waals surface area contributed by atoms with Crippen LogP contribution in [0.25, 0.3) is 0 Å². The number of benzene rings is 2. The number of carbonyl (C=O) groups is 1. The Morgan fingerprint density at radius 1 is 1.18 bits per heavy atom. The predicted molar refractivity (Wildman–Crippen MR) is 89.2 cm³/mol. The van der Waals surface area contributed by atoms with Gasteiger partial charge >= 0.3 is 0 Å². The van der Waals surface area contributed by atoms with E-state index in [1.807, 2.05) is 29.2 Å². The van der Waals surface area contributed by atoms with Gasteiger partial charge in [-0.2, -0.15) is 0 Å². The van der Waals surface area contributed by atoms with Crippen LogP contribution < -0.4 is 4.74 Å². The molecule has 2 atom stereocenters. The van der Waals surface area contributed by atoms with Crippen molar-refractivity contribution in [2.24, 2.45) is 0 Å². The highest BCUT2D eigenvalue weighted by Gasteiger charge is 2.30. The second kappa shape index (κ2) is 6.44. The summed E-state index contributed by atoms with van der Waals surface area (Å²) in [6.07, 6.45) is 0.955. The van der Waals surface area contributed by atoms with E-state index in [0.717, 1.165) is 12.2 Å². The lowest BCUT2D eigenvalue weighted by molar-refractivity contribution is -0.120. The van der Waals surface area contributed by atoms with Gasteiger partial charge in [-0.15, -0.1) is 11.8 Å². The highest BCUT2D eigenvalue weighted by Crippen LogP contribution is 2.44. The molecule has 0 N–H and O–H groups in total. The van der Waals surface area contributed by atoms with Crippen LogP contribution in [-0.4, -0.2) is 25.0 Å². The van der Waals surface area contributed by atoms with Crippen LogP contribution in [0.15, 0.2) is 53.4 Å². The molecule has 2 aromatic rings. The van der Waals surface area contributed by atoms with Crippen LogP contribution in [-0.2, 0) is 4.79 Å². The first-order chi connectivity index (χ1) is 10.7. The molecule has 0 aromatic heterocycles. The molecule has 3 nitrogen and oxygen atoms in total. The summed E-state index contributed by atoms with van der Waals surface area (Å²) in [5.41, 5.74) is 2.46. The number of hydrogen-bond donors (Lipinski definition) is 0. The molecular weight excluding hydrogens is 294 g/mol. The zero-order valence-corrected chi connectivity index (χ0v) is 13.5. The average molecular weight is 313 g/mol. The number of rotatable bonds is 4. The summed E-state index contributed by atoms with van der Waals surface area (Å²) in [5.74, 6) is 0.865. The number of nitrogens with zero attached hydrogens (tertiary/aromatic N) is 1. The van der Waals surface area contributed by atoms with E-state index in [2.05, 4.69) is 31.2 Å². The van der Waals surface area contributed by atoms with Crippen molar-refractivity contribution in [3.05, 3.63) is 59.7 Å². The fourth-order valence-electron chi connectivity index (χ4n) is 2.86. The van der Waals surface area contributed by atoms with E-state index in [4.69, 9.17) is 4.74 Å². The van der Waals surface area contributed by atoms with Crippen LogP contribution in [0.4, 0.5) is 0 Å². The van der Waals surface area contributed by atoms with Crippen molar-refractivity contribution in [1.29, 1.82) is 0 Å². The normalized spacial score (nSPS) is 20.4. The van der Waals surface area contributed by atoms with Crippen LogP contribution in [0.2, 0.25) is 0 Å². The fraction of sp³-hybridized carbons (Fsp3) is 0.278. The van der Waals surface area contributed by atoms with Gasteiger partial charge in [0.05, 0.1) is 18.4 Å². The van der Waals surface area contributed by atoms with Gasteiger partial charge in [0.25, 0.3) is 0 Å². The average Bonchev–Trinajstić information content (AvgIpc) is 2.58. The summed E-state index contributed by atoms with van der Waals surface area (Å²) in [5, 5.41) is 0.217. The van der Waals surface area contributed by atoms with Gasteiger partial charge in [0.15, 0.2) is 0 Å². The van der Waals surface area contributed by atoms with Gasteiger partial charge in [-0.05, 0) is 42.3 Å². The number of carbonyl (C=O) groups excluding carboxylic acids is 1. The number of methoxy groups -OCH3 is 1. The van der Waals surface area contributed by atoms with Crippen molar-refractivity contribution >= 4 is 18.2 Å². The molecule has 0 spiro atoms. The molecule has 1 amide bonds. The summed E-state index contributed by atoms with van der Waals surface area (Å²) in [4.78, 5) is 14.5. The lowest BCUT2D eigenvalue weighted by Crippen LogP contribution is -2.34. The summed E-state index contributed by atoms with van der Waals surface area (Å²) >= 11 is 1.79. The molecule has 0 radical (unpaired) electrons. The van der Waals surface area contributed by atoms with Crippen molar-refractivity contribution in [3.8, 4) is 5.75 Å². The van der Waals surface area contributed by atoms with Gasteiger partial charge in [0, 0.05) is 11.4 Å². The zero-order valence-electron chi connectivity index (χ0n) is 12.7. The van der Waals surface area contributed by atoms with Crippen LogP contribution in [0.5, 0.6) is 5.75 Å². The summed E-state index contributed by atoms with van der Waals surface area (Å²) in [6, 6.07) is 16.6. The van der Waals surface area contributed by atoms with E-state index in [1.165, 1.54) is 16.0 Å². The molecule has 4 heteroatoms. The Labute approximate surface area is 135 Å². The number of amides is 1. The molecular formula is C18H19NO2S. The minimum Gasteiger partial charge on any atom is -0.497 e. The van der Waals surface area contributed by atoms with Crippen molar-refractivity contribution in [2.45, 2.75) is 23.1 Å². The molecule has 0 saturated heterocycles. The highest BCUT2D eigenvalue weighted by atomic mass is 32.2. The maximum Gasteiger partial charge on any atom is 0.210 e. The van der Waals surface area contributed by atoms with Crippen molar-refractivity contribution in [1.82, 2.24) is 4.90 Å². The second-order valence-electron chi connectivity index (χ2n) is 5.39. The fourth-order valence-corrected chi connectivity index (χ4v) is 4.08. The first-order valence-corrected chi connectivity index (χ1v) is 8.21. The quantitative estimate of drug-likeness (QED) is 0.797. The Hall–Kier alpha value is -1.94. The Balaban J connectivity index is 1.99. The lowest BCUT2D eigenvalue weighted by Gasteiger charge is -2.37. The minimum absolute atomic E-state index is 0.103. The van der Waals surface area contributed by atoms with E-state index < -0.39 is 0 Å². The van der Waals surface area contributed by atoms with Gasteiger partial charge < -0.3 is 9.64 Å². The van der Waals surface area contributed by atoms with Crippen molar-refractivity contribution in [3.63, 3.8) is 0 Å². The largest absolute Gasteiger partial charge is 0.497 e. The number of hydrogen-bond acceptors (Lipinski definition) is 3. The zero-order chi connectivity index (χ0) is 15.5. The molecule has 3 rings (SSSR count). The third-order valence-corrected chi connectivity index (χ3v) is 5.35. The van der Waals surface area contributed by atoms with E-state index in [-0.39, 0.29) is 11.3 Å². The van der Waals surface area contributed by atoms with E-state index in [9.17, 15) is 4.79 Å². The van der Waals surface area contributed by atoms with E-state index in [1.54, 1.807) is 18.9 Å². The minimum atomic E-state index is 0.103. The molecule has 22 heavy (non-hydrogen) atoms. The molecule has 114 valence electrons. The monoisotopic (exact) mass is 313 g/mol. The van der Waals surface area contributed by atoms with Gasteiger partial charge in [-0.25, -0.2) is 0 Å².